The van der Waals surface area contributed by atoms with Crippen LogP contribution in [0.3, 0.4) is 0 Å². The number of carboxylic acid groups (broad SMARTS) is 1. The van der Waals surface area contributed by atoms with Crippen LogP contribution in [-0.2, 0) is 11.3 Å². The molecule has 0 unspecified atom stereocenters. The van der Waals surface area contributed by atoms with E-state index in [1.165, 1.54) is 4.57 Å². The van der Waals surface area contributed by atoms with Crippen molar-refractivity contribution in [1.82, 2.24) is 24.8 Å². The molecule has 7 N–H and O–H groups in total. The lowest BCUT2D eigenvalue weighted by molar-refractivity contribution is -0.139. The molecular formula is C14H21N7O4. The molecule has 2 aromatic rings. The van der Waals surface area contributed by atoms with Gasteiger partial charge in [0.05, 0.1) is 0 Å². The van der Waals surface area contributed by atoms with E-state index < -0.39 is 23.3 Å². The van der Waals surface area contributed by atoms with E-state index in [4.69, 9.17) is 11.5 Å². The van der Waals surface area contributed by atoms with Gasteiger partial charge in [-0.3, -0.25) is 19.1 Å². The van der Waals surface area contributed by atoms with E-state index in [0.29, 0.717) is 19.4 Å². The largest absolute Gasteiger partial charge is 0.480 e. The predicted molar refractivity (Wildman–Crippen MR) is 91.2 cm³/mol. The number of aliphatic carboxylic acids is 1. The lowest BCUT2D eigenvalue weighted by Gasteiger charge is -2.15. The number of nitrogens with zero attached hydrogens (tertiary/aromatic N) is 3. The van der Waals surface area contributed by atoms with Crippen molar-refractivity contribution in [3.8, 4) is 0 Å². The minimum absolute atomic E-state index is 0.0276. The summed E-state index contributed by atoms with van der Waals surface area (Å²) in [6, 6.07) is -0.740. The molecule has 0 aliphatic rings. The molecule has 25 heavy (non-hydrogen) atoms. The van der Waals surface area contributed by atoms with Crippen LogP contribution >= 0.6 is 0 Å². The number of carboxylic acids is 1. The first kappa shape index (κ1) is 18.5. The molecule has 11 nitrogen and oxygen atoms in total. The third kappa shape index (κ3) is 4.39. The van der Waals surface area contributed by atoms with Gasteiger partial charge in [-0.25, -0.2) is 14.8 Å². The summed E-state index contributed by atoms with van der Waals surface area (Å²) in [5, 5.41) is 12.1. The second-order valence-corrected chi connectivity index (χ2v) is 5.50. The van der Waals surface area contributed by atoms with Crippen LogP contribution in [-0.4, -0.2) is 49.7 Å². The molecule has 2 heterocycles. The molecule has 0 fully saturated rings. The quantitative estimate of drug-likeness (QED) is 0.326. The van der Waals surface area contributed by atoms with E-state index >= 15 is 0 Å². The Morgan fingerprint density at radius 1 is 1.36 bits per heavy atom. The van der Waals surface area contributed by atoms with Crippen molar-refractivity contribution < 1.29 is 9.90 Å². The van der Waals surface area contributed by atoms with Crippen molar-refractivity contribution in [3.05, 3.63) is 27.2 Å². The maximum Gasteiger partial charge on any atom is 0.330 e. The molecule has 136 valence electrons. The fourth-order valence-electron chi connectivity index (χ4n) is 2.50. The summed E-state index contributed by atoms with van der Waals surface area (Å²) in [6.07, 6.45) is 3.02. The Kier molecular flexibility index (Phi) is 6.19. The van der Waals surface area contributed by atoms with Gasteiger partial charge in [0.1, 0.15) is 23.6 Å². The van der Waals surface area contributed by atoms with Gasteiger partial charge in [-0.2, -0.15) is 0 Å². The summed E-state index contributed by atoms with van der Waals surface area (Å²) in [5.41, 5.74) is 9.88. The SMILES string of the molecule is NCCCC[C@H](NCCn1c(=O)[nH]c(=O)c2c(N)ncnc21)C(=O)O. The molecule has 0 aliphatic carbocycles. The number of nitrogen functional groups attached to an aromatic ring is 1. The summed E-state index contributed by atoms with van der Waals surface area (Å²) < 4.78 is 1.22. The lowest BCUT2D eigenvalue weighted by Crippen LogP contribution is -2.40. The van der Waals surface area contributed by atoms with E-state index in [-0.39, 0.29) is 29.9 Å². The molecule has 0 saturated heterocycles. The van der Waals surface area contributed by atoms with Crippen LogP contribution in [0.2, 0.25) is 0 Å². The Balaban J connectivity index is 2.15. The zero-order chi connectivity index (χ0) is 18.4. The molecule has 0 aliphatic heterocycles. The van der Waals surface area contributed by atoms with Gasteiger partial charge < -0.3 is 21.9 Å². The van der Waals surface area contributed by atoms with Crippen LogP contribution in [0.5, 0.6) is 0 Å². The molecule has 2 rings (SSSR count). The van der Waals surface area contributed by atoms with Crippen LogP contribution < -0.4 is 28.0 Å². The van der Waals surface area contributed by atoms with Gasteiger partial charge >= 0.3 is 11.7 Å². The van der Waals surface area contributed by atoms with Gasteiger partial charge in [-0.15, -0.1) is 0 Å². The number of rotatable bonds is 9. The van der Waals surface area contributed by atoms with E-state index in [2.05, 4.69) is 20.3 Å². The smallest absolute Gasteiger partial charge is 0.330 e. The number of anilines is 1. The molecule has 11 heteroatoms. The monoisotopic (exact) mass is 351 g/mol. The van der Waals surface area contributed by atoms with Crippen molar-refractivity contribution in [2.24, 2.45) is 5.73 Å². The highest BCUT2D eigenvalue weighted by atomic mass is 16.4. The van der Waals surface area contributed by atoms with Crippen LogP contribution in [0.25, 0.3) is 11.0 Å². The van der Waals surface area contributed by atoms with Crippen LogP contribution in [0.1, 0.15) is 19.3 Å². The number of unbranched alkanes of at least 4 members (excludes halogenated alkanes) is 1. The van der Waals surface area contributed by atoms with Gasteiger partial charge in [0.15, 0.2) is 5.65 Å². The van der Waals surface area contributed by atoms with Crippen molar-refractivity contribution in [2.45, 2.75) is 31.8 Å². The van der Waals surface area contributed by atoms with Gasteiger partial charge in [-0.1, -0.05) is 6.42 Å². The molecule has 0 saturated carbocycles. The normalized spacial score (nSPS) is 12.4. The first-order chi connectivity index (χ1) is 12.0. The zero-order valence-electron chi connectivity index (χ0n) is 13.6. The van der Waals surface area contributed by atoms with Gasteiger partial charge in [-0.05, 0) is 19.4 Å². The Labute approximate surface area is 142 Å². The second-order valence-electron chi connectivity index (χ2n) is 5.50. The Hall–Kier alpha value is -2.79. The number of hydrogen-bond acceptors (Lipinski definition) is 8. The highest BCUT2D eigenvalue weighted by Crippen LogP contribution is 2.09. The number of hydrogen-bond donors (Lipinski definition) is 5. The number of fused-ring (bicyclic) bond motifs is 1. The van der Waals surface area contributed by atoms with Crippen molar-refractivity contribution in [1.29, 1.82) is 0 Å². The minimum atomic E-state index is -0.970. The van der Waals surface area contributed by atoms with E-state index in [1.54, 1.807) is 0 Å². The summed E-state index contributed by atoms with van der Waals surface area (Å²) in [4.78, 5) is 45.0. The van der Waals surface area contributed by atoms with Crippen LogP contribution in [0.15, 0.2) is 15.9 Å². The van der Waals surface area contributed by atoms with Crippen LogP contribution in [0.4, 0.5) is 5.82 Å². The zero-order valence-corrected chi connectivity index (χ0v) is 13.6. The highest BCUT2D eigenvalue weighted by molar-refractivity contribution is 5.83. The van der Waals surface area contributed by atoms with E-state index in [0.717, 1.165) is 12.7 Å². The molecular weight excluding hydrogens is 330 g/mol. The molecule has 0 radical (unpaired) electrons. The number of nitrogens with one attached hydrogen (secondary N) is 2. The van der Waals surface area contributed by atoms with Crippen molar-refractivity contribution in [3.63, 3.8) is 0 Å². The van der Waals surface area contributed by atoms with Gasteiger partial charge in [0.25, 0.3) is 5.56 Å². The molecule has 0 spiro atoms. The summed E-state index contributed by atoms with van der Waals surface area (Å²) in [7, 11) is 0. The standard InChI is InChI=1S/C14H21N7O4/c15-4-2-1-3-8(13(23)24)17-5-6-21-11-9(10(16)18-7-19-11)12(22)20-14(21)25/h7-8,17H,1-6,15H2,(H,23,24)(H2,16,18,19)(H,20,22,25)/t8-/m0/s1. The Morgan fingerprint density at radius 2 is 2.12 bits per heavy atom. The number of nitrogens with two attached hydrogens (primary N) is 2. The Bertz CT molecular complexity index is 860. The fourth-order valence-corrected chi connectivity index (χ4v) is 2.50. The average Bonchev–Trinajstić information content (AvgIpc) is 2.55. The average molecular weight is 351 g/mol. The van der Waals surface area contributed by atoms with E-state index in [9.17, 15) is 19.5 Å². The number of aromatic amines is 1. The highest BCUT2D eigenvalue weighted by Gasteiger charge is 2.17. The maximum atomic E-state index is 12.0. The van der Waals surface area contributed by atoms with Gasteiger partial charge in [0.2, 0.25) is 0 Å². The molecule has 0 bridgehead atoms. The second kappa shape index (κ2) is 8.35. The topological polar surface area (TPSA) is 182 Å². The molecule has 0 amide bonds. The van der Waals surface area contributed by atoms with Crippen molar-refractivity contribution in [2.75, 3.05) is 18.8 Å². The first-order valence-corrected chi connectivity index (χ1v) is 7.85. The van der Waals surface area contributed by atoms with E-state index in [1.807, 2.05) is 0 Å². The number of H-pyrrole nitrogens is 1. The maximum absolute atomic E-state index is 12.0. The third-order valence-electron chi connectivity index (χ3n) is 3.78. The predicted octanol–water partition coefficient (Wildman–Crippen LogP) is -1.77. The lowest BCUT2D eigenvalue weighted by atomic mass is 10.1. The summed E-state index contributed by atoms with van der Waals surface area (Å²) >= 11 is 0. The fraction of sp³-hybridized carbons (Fsp3) is 0.500. The summed E-state index contributed by atoms with van der Waals surface area (Å²) in [6.45, 7) is 0.819. The van der Waals surface area contributed by atoms with Crippen LogP contribution in [0, 0.1) is 0 Å². The molecule has 1 atom stereocenters. The number of aromatic nitrogens is 4. The molecule has 0 aromatic carbocycles. The third-order valence-corrected chi connectivity index (χ3v) is 3.78. The Morgan fingerprint density at radius 3 is 2.80 bits per heavy atom. The number of carbonyl (C=O) groups is 1. The van der Waals surface area contributed by atoms with Gasteiger partial charge in [0, 0.05) is 13.1 Å². The van der Waals surface area contributed by atoms with Crippen molar-refractivity contribution >= 4 is 22.8 Å². The first-order valence-electron chi connectivity index (χ1n) is 7.85. The molecule has 2 aromatic heterocycles. The minimum Gasteiger partial charge on any atom is -0.480 e. The summed E-state index contributed by atoms with van der Waals surface area (Å²) in [5.74, 6) is -1.000.